The van der Waals surface area contributed by atoms with E-state index in [1.54, 1.807) is 0 Å². The molecule has 0 fully saturated rings. The van der Waals surface area contributed by atoms with Gasteiger partial charge in [0, 0.05) is 5.56 Å². The average molecular weight is 361 g/mol. The van der Waals surface area contributed by atoms with Gasteiger partial charge in [0.25, 0.3) is 0 Å². The van der Waals surface area contributed by atoms with E-state index in [1.165, 1.54) is 28.4 Å². The molecule has 0 amide bonds. The molecular formula is C18H18I+. The Balaban J connectivity index is 1.93. The number of hydrogen-bond donors (Lipinski definition) is 0. The maximum absolute atomic E-state index is 3.34. The summed E-state index contributed by atoms with van der Waals surface area (Å²) in [7, 11) is 0. The van der Waals surface area contributed by atoms with Gasteiger partial charge in [-0.3, -0.25) is 0 Å². The van der Waals surface area contributed by atoms with Crippen molar-refractivity contribution in [3.8, 4) is 9.85 Å². The molecule has 0 heterocycles. The molecule has 2 aromatic rings. The van der Waals surface area contributed by atoms with Gasteiger partial charge >= 0.3 is 21.2 Å². The molecule has 0 radical (unpaired) electrons. The molecule has 2 aromatic carbocycles. The van der Waals surface area contributed by atoms with Crippen LogP contribution >= 0.6 is 0 Å². The van der Waals surface area contributed by atoms with Crippen LogP contribution in [-0.2, 0) is 6.42 Å². The predicted molar refractivity (Wildman–Crippen MR) is 77.1 cm³/mol. The third-order valence-corrected chi connectivity index (χ3v) is 4.74. The lowest BCUT2D eigenvalue weighted by atomic mass is 10.1. The van der Waals surface area contributed by atoms with E-state index in [4.69, 9.17) is 0 Å². The van der Waals surface area contributed by atoms with Crippen molar-refractivity contribution in [2.45, 2.75) is 26.2 Å². The minimum Gasteiger partial charge on any atom is -0.0654 e. The van der Waals surface area contributed by atoms with E-state index in [2.05, 4.69) is 71.4 Å². The number of aryl methyl sites for hydroxylation is 1. The lowest BCUT2D eigenvalue weighted by molar-refractivity contribution is -0.535. The van der Waals surface area contributed by atoms with Gasteiger partial charge in [-0.15, -0.1) is 0 Å². The van der Waals surface area contributed by atoms with Crippen molar-refractivity contribution in [3.63, 3.8) is 0 Å². The van der Waals surface area contributed by atoms with Gasteiger partial charge in [0.05, 0.1) is 0 Å². The first-order chi connectivity index (χ1) is 9.38. The van der Waals surface area contributed by atoms with Crippen molar-refractivity contribution in [2.24, 2.45) is 0 Å². The Morgan fingerprint density at radius 2 is 1.68 bits per heavy atom. The van der Waals surface area contributed by atoms with E-state index in [9.17, 15) is 0 Å². The van der Waals surface area contributed by atoms with Crippen LogP contribution in [0, 0.1) is 13.4 Å². The number of hydrogen-bond acceptors (Lipinski definition) is 0. The molecule has 0 atom stereocenters. The normalized spacial score (nSPS) is 9.74. The van der Waals surface area contributed by atoms with Crippen LogP contribution in [0.25, 0.3) is 0 Å². The summed E-state index contributed by atoms with van der Waals surface area (Å²) in [4.78, 5) is 0. The predicted octanol–water partition coefficient (Wildman–Crippen LogP) is 1.30. The smallest absolute Gasteiger partial charge is 0.0654 e. The molecule has 0 N–H and O–H groups in total. The van der Waals surface area contributed by atoms with Crippen molar-refractivity contribution in [3.05, 3.63) is 69.3 Å². The standard InChI is InChI=1S/C18H18I/c1-2-3-7-16-10-12-17(13-11-16)14-15-19-18-8-5-4-6-9-18/h4-6,8-13H,2-3,7H2,1H3/q+1. The molecule has 0 bridgehead atoms. The molecule has 1 heteroatoms. The van der Waals surface area contributed by atoms with Crippen LogP contribution < -0.4 is 21.2 Å². The molecule has 0 unspecified atom stereocenters. The lowest BCUT2D eigenvalue weighted by Crippen LogP contribution is -3.59. The molecule has 0 saturated heterocycles. The Kier molecular flexibility index (Phi) is 5.97. The van der Waals surface area contributed by atoms with Crippen molar-refractivity contribution >= 4 is 0 Å². The minimum absolute atomic E-state index is 0.178. The van der Waals surface area contributed by atoms with Gasteiger partial charge in [-0.2, -0.15) is 0 Å². The molecule has 2 rings (SSSR count). The van der Waals surface area contributed by atoms with Gasteiger partial charge in [0.1, 0.15) is 0 Å². The highest BCUT2D eigenvalue weighted by Gasteiger charge is 2.05. The van der Waals surface area contributed by atoms with E-state index >= 15 is 0 Å². The quantitative estimate of drug-likeness (QED) is 0.569. The number of benzene rings is 2. The highest BCUT2D eigenvalue weighted by molar-refractivity contribution is 5.35. The van der Waals surface area contributed by atoms with E-state index in [0.717, 1.165) is 5.56 Å². The SMILES string of the molecule is CCCCc1ccc(C#C[I+]c2ccccc2)cc1. The van der Waals surface area contributed by atoms with E-state index in [-0.39, 0.29) is 21.2 Å². The van der Waals surface area contributed by atoms with Crippen LogP contribution in [0.4, 0.5) is 0 Å². The molecule has 0 aromatic heterocycles. The van der Waals surface area contributed by atoms with Crippen LogP contribution in [-0.4, -0.2) is 0 Å². The van der Waals surface area contributed by atoms with Crippen LogP contribution in [0.1, 0.15) is 30.9 Å². The number of rotatable bonds is 4. The fourth-order valence-electron chi connectivity index (χ4n) is 1.75. The summed E-state index contributed by atoms with van der Waals surface area (Å²) in [6.45, 7) is 2.23. The van der Waals surface area contributed by atoms with E-state index < -0.39 is 0 Å². The first kappa shape index (κ1) is 14.1. The van der Waals surface area contributed by atoms with Crippen molar-refractivity contribution in [1.82, 2.24) is 0 Å². The fourth-order valence-corrected chi connectivity index (χ4v) is 3.28. The van der Waals surface area contributed by atoms with Crippen LogP contribution in [0.15, 0.2) is 54.6 Å². The fraction of sp³-hybridized carbons (Fsp3) is 0.222. The summed E-state index contributed by atoms with van der Waals surface area (Å²) in [6.07, 6.45) is 3.70. The van der Waals surface area contributed by atoms with E-state index in [0.29, 0.717) is 0 Å². The van der Waals surface area contributed by atoms with Crippen LogP contribution in [0.5, 0.6) is 0 Å². The first-order valence-electron chi connectivity index (χ1n) is 6.67. The van der Waals surface area contributed by atoms with Crippen molar-refractivity contribution in [2.75, 3.05) is 0 Å². The van der Waals surface area contributed by atoms with Gasteiger partial charge in [-0.1, -0.05) is 43.7 Å². The molecule has 0 spiro atoms. The van der Waals surface area contributed by atoms with Crippen molar-refractivity contribution < 1.29 is 21.2 Å². The zero-order chi connectivity index (χ0) is 13.3. The molecule has 0 nitrogen and oxygen atoms in total. The molecule has 0 saturated carbocycles. The molecule has 0 aliphatic heterocycles. The Labute approximate surface area is 126 Å². The molecule has 19 heavy (non-hydrogen) atoms. The molecule has 0 aliphatic carbocycles. The Morgan fingerprint density at radius 1 is 0.947 bits per heavy atom. The second-order valence-corrected chi connectivity index (χ2v) is 6.73. The third-order valence-electron chi connectivity index (χ3n) is 2.85. The summed E-state index contributed by atoms with van der Waals surface area (Å²) in [5.74, 6) is 3.28. The monoisotopic (exact) mass is 361 g/mol. The average Bonchev–Trinajstić information content (AvgIpc) is 2.47. The molecule has 96 valence electrons. The van der Waals surface area contributed by atoms with Gasteiger partial charge in [0.15, 0.2) is 3.93 Å². The highest BCUT2D eigenvalue weighted by Crippen LogP contribution is 2.06. The van der Waals surface area contributed by atoms with Crippen LogP contribution in [0.3, 0.4) is 0 Å². The van der Waals surface area contributed by atoms with Gasteiger partial charge in [-0.05, 0) is 48.6 Å². The maximum Gasteiger partial charge on any atom is 0.420 e. The minimum atomic E-state index is -0.178. The summed E-state index contributed by atoms with van der Waals surface area (Å²) in [5.41, 5.74) is 2.56. The van der Waals surface area contributed by atoms with Gasteiger partial charge in [0.2, 0.25) is 3.57 Å². The second-order valence-electron chi connectivity index (χ2n) is 4.41. The zero-order valence-corrected chi connectivity index (χ0v) is 13.4. The largest absolute Gasteiger partial charge is 0.420 e. The summed E-state index contributed by atoms with van der Waals surface area (Å²) in [5, 5.41) is 0. The molecular weight excluding hydrogens is 343 g/mol. The Hall–Kier alpha value is -1.27. The van der Waals surface area contributed by atoms with Crippen LogP contribution in [0.2, 0.25) is 0 Å². The lowest BCUT2D eigenvalue weighted by Gasteiger charge is -1.98. The Bertz CT molecular complexity index is 544. The Morgan fingerprint density at radius 3 is 2.37 bits per heavy atom. The van der Waals surface area contributed by atoms with Gasteiger partial charge in [-0.25, -0.2) is 0 Å². The third kappa shape index (κ3) is 5.08. The second kappa shape index (κ2) is 8.01. The van der Waals surface area contributed by atoms with E-state index in [1.807, 2.05) is 0 Å². The topological polar surface area (TPSA) is 0 Å². The zero-order valence-electron chi connectivity index (χ0n) is 11.2. The highest BCUT2D eigenvalue weighted by atomic mass is 127. The van der Waals surface area contributed by atoms with Gasteiger partial charge < -0.3 is 0 Å². The number of unbranched alkanes of at least 4 members (excludes halogenated alkanes) is 1. The van der Waals surface area contributed by atoms with Crippen molar-refractivity contribution in [1.29, 1.82) is 0 Å². The number of halogens is 1. The maximum atomic E-state index is 3.34. The molecule has 0 aliphatic rings. The summed E-state index contributed by atoms with van der Waals surface area (Å²) >= 11 is -0.178. The summed E-state index contributed by atoms with van der Waals surface area (Å²) in [6, 6.07) is 19.3. The summed E-state index contributed by atoms with van der Waals surface area (Å²) < 4.78 is 4.72. The first-order valence-corrected chi connectivity index (χ1v) is 8.83.